The minimum atomic E-state index is 0.275. The maximum absolute atomic E-state index is 9.38. The van der Waals surface area contributed by atoms with E-state index in [9.17, 15) is 5.11 Å². The lowest BCUT2D eigenvalue weighted by molar-refractivity contribution is 0.153. The molecule has 22 heavy (non-hydrogen) atoms. The second-order valence-corrected chi connectivity index (χ2v) is 6.49. The molecule has 3 rings (SSSR count). The fourth-order valence-electron chi connectivity index (χ4n) is 3.53. The molecule has 2 aliphatic rings. The van der Waals surface area contributed by atoms with Crippen molar-refractivity contribution in [1.29, 1.82) is 0 Å². The topological polar surface area (TPSA) is 35.9 Å². The van der Waals surface area contributed by atoms with Crippen LogP contribution in [0.15, 0.2) is 24.3 Å². The molecular weight excluding hydrogens is 276 g/mol. The molecule has 2 fully saturated rings. The minimum Gasteiger partial charge on any atom is -0.492 e. The van der Waals surface area contributed by atoms with E-state index < -0.39 is 0 Å². The summed E-state index contributed by atoms with van der Waals surface area (Å²) < 4.78 is 5.84. The van der Waals surface area contributed by atoms with E-state index in [1.54, 1.807) is 0 Å². The second-order valence-electron chi connectivity index (χ2n) is 6.49. The number of nitrogens with zero attached hydrogens (tertiary/aromatic N) is 2. The lowest BCUT2D eigenvalue weighted by Gasteiger charge is -2.22. The van der Waals surface area contributed by atoms with Crippen molar-refractivity contribution in [1.82, 2.24) is 9.80 Å². The fourth-order valence-corrected chi connectivity index (χ4v) is 3.53. The van der Waals surface area contributed by atoms with Crippen LogP contribution >= 0.6 is 0 Å². The largest absolute Gasteiger partial charge is 0.492 e. The Morgan fingerprint density at radius 3 is 2.55 bits per heavy atom. The molecule has 0 bridgehead atoms. The first kappa shape index (κ1) is 15.8. The van der Waals surface area contributed by atoms with E-state index in [1.807, 2.05) is 0 Å². The van der Waals surface area contributed by atoms with Gasteiger partial charge in [0, 0.05) is 19.1 Å². The highest BCUT2D eigenvalue weighted by molar-refractivity contribution is 5.27. The van der Waals surface area contributed by atoms with Gasteiger partial charge in [-0.2, -0.15) is 0 Å². The number of ether oxygens (including phenoxy) is 1. The number of aliphatic hydroxyl groups excluding tert-OH is 1. The van der Waals surface area contributed by atoms with Gasteiger partial charge in [0.25, 0.3) is 0 Å². The molecule has 2 heterocycles. The predicted molar refractivity (Wildman–Crippen MR) is 88.1 cm³/mol. The number of likely N-dealkylation sites (tertiary alicyclic amines) is 2. The lowest BCUT2D eigenvalue weighted by atomic mass is 10.2. The normalized spacial score (nSPS) is 23.2. The molecule has 4 nitrogen and oxygen atoms in total. The van der Waals surface area contributed by atoms with E-state index in [4.69, 9.17) is 4.74 Å². The molecule has 2 aliphatic heterocycles. The number of hydrogen-bond donors (Lipinski definition) is 1. The molecule has 0 spiro atoms. The first-order valence-electron chi connectivity index (χ1n) is 8.64. The first-order chi connectivity index (χ1) is 10.8. The van der Waals surface area contributed by atoms with Gasteiger partial charge >= 0.3 is 0 Å². The van der Waals surface area contributed by atoms with Crippen LogP contribution < -0.4 is 4.74 Å². The average Bonchev–Trinajstić information content (AvgIpc) is 3.20. The summed E-state index contributed by atoms with van der Waals surface area (Å²) in [6.45, 7) is 6.57. The van der Waals surface area contributed by atoms with Crippen LogP contribution in [-0.2, 0) is 6.54 Å². The molecule has 0 unspecified atom stereocenters. The van der Waals surface area contributed by atoms with Gasteiger partial charge in [-0.3, -0.25) is 9.80 Å². The Morgan fingerprint density at radius 1 is 1.05 bits per heavy atom. The molecule has 0 amide bonds. The van der Waals surface area contributed by atoms with Crippen molar-refractivity contribution in [3.8, 4) is 5.75 Å². The summed E-state index contributed by atoms with van der Waals surface area (Å²) in [5.41, 5.74) is 1.30. The Hall–Kier alpha value is -1.10. The molecule has 0 radical (unpaired) electrons. The third-order valence-electron chi connectivity index (χ3n) is 4.89. The molecule has 1 N–H and O–H groups in total. The fraction of sp³-hybridized carbons (Fsp3) is 0.667. The Balaban J connectivity index is 1.43. The van der Waals surface area contributed by atoms with E-state index in [-0.39, 0.29) is 6.61 Å². The molecule has 4 heteroatoms. The highest BCUT2D eigenvalue weighted by atomic mass is 16.5. The molecule has 0 aliphatic carbocycles. The van der Waals surface area contributed by atoms with Crippen molar-refractivity contribution >= 4 is 0 Å². The maximum atomic E-state index is 9.38. The molecular formula is C18H28N2O2. The van der Waals surface area contributed by atoms with E-state index in [0.717, 1.165) is 38.4 Å². The summed E-state index contributed by atoms with van der Waals surface area (Å²) in [6, 6.07) is 8.79. The van der Waals surface area contributed by atoms with Crippen LogP contribution in [0.2, 0.25) is 0 Å². The van der Waals surface area contributed by atoms with Crippen LogP contribution in [0.4, 0.5) is 0 Å². The van der Waals surface area contributed by atoms with Crippen LogP contribution in [0.5, 0.6) is 5.75 Å². The van der Waals surface area contributed by atoms with Gasteiger partial charge in [0.1, 0.15) is 12.4 Å². The van der Waals surface area contributed by atoms with Crippen LogP contribution in [0.3, 0.4) is 0 Å². The monoisotopic (exact) mass is 304 g/mol. The van der Waals surface area contributed by atoms with Gasteiger partial charge in [-0.15, -0.1) is 0 Å². The standard InChI is InChI=1S/C18H28N2O2/c21-15-17-4-3-11-20(17)14-16-5-7-18(8-6-16)22-13-12-19-9-1-2-10-19/h5-8,17,21H,1-4,9-15H2/t17-/m0/s1. The summed E-state index contributed by atoms with van der Waals surface area (Å²) in [4.78, 5) is 4.85. The van der Waals surface area contributed by atoms with Crippen LogP contribution in [0.1, 0.15) is 31.2 Å². The zero-order chi connectivity index (χ0) is 15.2. The molecule has 1 atom stereocenters. The van der Waals surface area contributed by atoms with Crippen molar-refractivity contribution in [2.45, 2.75) is 38.3 Å². The van der Waals surface area contributed by atoms with Gasteiger partial charge in [0.05, 0.1) is 6.61 Å². The minimum absolute atomic E-state index is 0.275. The van der Waals surface area contributed by atoms with Crippen molar-refractivity contribution < 1.29 is 9.84 Å². The molecule has 122 valence electrons. The summed E-state index contributed by atoms with van der Waals surface area (Å²) in [5.74, 6) is 0.961. The van der Waals surface area contributed by atoms with Crippen molar-refractivity contribution in [2.24, 2.45) is 0 Å². The molecule has 0 aromatic heterocycles. The van der Waals surface area contributed by atoms with Gasteiger partial charge < -0.3 is 9.84 Å². The first-order valence-corrected chi connectivity index (χ1v) is 8.64. The van der Waals surface area contributed by atoms with Crippen molar-refractivity contribution in [3.05, 3.63) is 29.8 Å². The predicted octanol–water partition coefficient (Wildman–Crippen LogP) is 2.12. The number of rotatable bonds is 7. The SMILES string of the molecule is OC[C@@H]1CCCN1Cc1ccc(OCCN2CCCC2)cc1. The van der Waals surface area contributed by atoms with Crippen LogP contribution in [-0.4, -0.2) is 60.3 Å². The number of hydrogen-bond acceptors (Lipinski definition) is 4. The molecule has 1 aromatic carbocycles. The number of aliphatic hydroxyl groups is 1. The number of benzene rings is 1. The van der Waals surface area contributed by atoms with E-state index in [2.05, 4.69) is 34.1 Å². The highest BCUT2D eigenvalue weighted by Gasteiger charge is 2.23. The third kappa shape index (κ3) is 4.22. The quantitative estimate of drug-likeness (QED) is 0.837. The Labute approximate surface area is 133 Å². The van der Waals surface area contributed by atoms with E-state index in [1.165, 1.54) is 37.9 Å². The van der Waals surface area contributed by atoms with Gasteiger partial charge in [-0.25, -0.2) is 0 Å². The summed E-state index contributed by atoms with van der Waals surface area (Å²) in [5, 5.41) is 9.38. The van der Waals surface area contributed by atoms with E-state index >= 15 is 0 Å². The zero-order valence-corrected chi connectivity index (χ0v) is 13.4. The van der Waals surface area contributed by atoms with E-state index in [0.29, 0.717) is 6.04 Å². The summed E-state index contributed by atoms with van der Waals surface area (Å²) in [6.07, 6.45) is 4.98. The Kier molecular flexibility index (Phi) is 5.70. The summed E-state index contributed by atoms with van der Waals surface area (Å²) in [7, 11) is 0. The highest BCUT2D eigenvalue weighted by Crippen LogP contribution is 2.21. The zero-order valence-electron chi connectivity index (χ0n) is 13.4. The molecule has 0 saturated carbocycles. The average molecular weight is 304 g/mol. The maximum Gasteiger partial charge on any atom is 0.119 e. The molecule has 2 saturated heterocycles. The Bertz CT molecular complexity index is 443. The van der Waals surface area contributed by atoms with Gasteiger partial charge in [-0.05, 0) is 63.0 Å². The summed E-state index contributed by atoms with van der Waals surface area (Å²) >= 11 is 0. The van der Waals surface area contributed by atoms with Crippen LogP contribution in [0, 0.1) is 0 Å². The second kappa shape index (κ2) is 7.95. The van der Waals surface area contributed by atoms with Crippen molar-refractivity contribution in [2.75, 3.05) is 39.4 Å². The van der Waals surface area contributed by atoms with Gasteiger partial charge in [0.2, 0.25) is 0 Å². The molecule has 1 aromatic rings. The lowest BCUT2D eigenvalue weighted by Crippen LogP contribution is -2.31. The van der Waals surface area contributed by atoms with Gasteiger partial charge in [-0.1, -0.05) is 12.1 Å². The van der Waals surface area contributed by atoms with Crippen LogP contribution in [0.25, 0.3) is 0 Å². The Morgan fingerprint density at radius 2 is 1.82 bits per heavy atom. The third-order valence-corrected chi connectivity index (χ3v) is 4.89. The van der Waals surface area contributed by atoms with Gasteiger partial charge in [0.15, 0.2) is 0 Å². The smallest absolute Gasteiger partial charge is 0.119 e. The van der Waals surface area contributed by atoms with Crippen molar-refractivity contribution in [3.63, 3.8) is 0 Å².